The summed E-state index contributed by atoms with van der Waals surface area (Å²) in [6, 6.07) is 7.76. The van der Waals surface area contributed by atoms with Gasteiger partial charge in [0.1, 0.15) is 6.61 Å². The Balaban J connectivity index is 2.15. The zero-order valence-electron chi connectivity index (χ0n) is 9.43. The van der Waals surface area contributed by atoms with Gasteiger partial charge in [-0.05, 0) is 43.7 Å². The van der Waals surface area contributed by atoms with E-state index in [1.807, 2.05) is 24.3 Å². The van der Waals surface area contributed by atoms with Gasteiger partial charge in [0, 0.05) is 10.2 Å². The molecule has 1 aromatic rings. The number of hydrogen-bond acceptors (Lipinski definition) is 3. The molecule has 17 heavy (non-hydrogen) atoms. The number of nitrogens with two attached hydrogens (primary N) is 1. The average Bonchev–Trinajstić information content (AvgIpc) is 2.69. The molecule has 1 saturated heterocycles. The van der Waals surface area contributed by atoms with Crippen LogP contribution in [0.3, 0.4) is 0 Å². The quantitative estimate of drug-likeness (QED) is 0.929. The molecule has 1 aromatic carbocycles. The molecule has 5 heteroatoms. The summed E-state index contributed by atoms with van der Waals surface area (Å²) in [5, 5.41) is 0. The molecule has 2 N–H and O–H groups in total. The fraction of sp³-hybridized carbons (Fsp3) is 0.417. The molecule has 0 saturated carbocycles. The van der Waals surface area contributed by atoms with E-state index in [2.05, 4.69) is 15.9 Å². The van der Waals surface area contributed by atoms with Crippen molar-refractivity contribution in [3.63, 3.8) is 0 Å². The monoisotopic (exact) mass is 298 g/mol. The van der Waals surface area contributed by atoms with E-state index in [0.29, 0.717) is 13.2 Å². The van der Waals surface area contributed by atoms with Crippen LogP contribution in [0.1, 0.15) is 12.8 Å². The Hall–Kier alpha value is -1.07. The highest BCUT2D eigenvalue weighted by molar-refractivity contribution is 9.10. The number of nitrogens with zero attached hydrogens (tertiary/aromatic N) is 1. The fourth-order valence-corrected chi connectivity index (χ4v) is 2.21. The van der Waals surface area contributed by atoms with E-state index < -0.39 is 0 Å². The highest BCUT2D eigenvalue weighted by atomic mass is 79.9. The Labute approximate surface area is 109 Å². The first-order valence-electron chi connectivity index (χ1n) is 5.64. The van der Waals surface area contributed by atoms with Gasteiger partial charge in [-0.1, -0.05) is 15.9 Å². The Morgan fingerprint density at radius 2 is 2.12 bits per heavy atom. The Kier molecular flexibility index (Phi) is 4.02. The normalized spacial score (nSPS) is 19.5. The highest BCUT2D eigenvalue weighted by Gasteiger charge is 2.33. The molecule has 1 unspecified atom stereocenters. The second-order valence-electron chi connectivity index (χ2n) is 4.01. The number of cyclic esters (lactones) is 1. The number of rotatable bonds is 4. The van der Waals surface area contributed by atoms with Crippen LogP contribution in [0.5, 0.6) is 0 Å². The smallest absolute Gasteiger partial charge is 0.414 e. The average molecular weight is 299 g/mol. The van der Waals surface area contributed by atoms with Crippen molar-refractivity contribution in [1.29, 1.82) is 0 Å². The molecule has 1 heterocycles. The zero-order chi connectivity index (χ0) is 12.3. The lowest BCUT2D eigenvalue weighted by Gasteiger charge is -2.21. The molecule has 1 amide bonds. The van der Waals surface area contributed by atoms with Crippen LogP contribution >= 0.6 is 15.9 Å². The van der Waals surface area contributed by atoms with Gasteiger partial charge < -0.3 is 10.5 Å². The molecule has 0 aromatic heterocycles. The number of carbonyl (C=O) groups excluding carboxylic acids is 1. The number of halogens is 1. The lowest BCUT2D eigenvalue weighted by Crippen LogP contribution is -2.33. The summed E-state index contributed by atoms with van der Waals surface area (Å²) in [6.45, 7) is 1.09. The van der Waals surface area contributed by atoms with Crippen molar-refractivity contribution in [2.45, 2.75) is 18.9 Å². The first kappa shape index (κ1) is 12.4. The molecular formula is C12H15BrN2O2. The van der Waals surface area contributed by atoms with Gasteiger partial charge in [-0.3, -0.25) is 4.90 Å². The number of amides is 1. The van der Waals surface area contributed by atoms with Crippen molar-refractivity contribution >= 4 is 27.7 Å². The summed E-state index contributed by atoms with van der Waals surface area (Å²) in [5.74, 6) is 0. The van der Waals surface area contributed by atoms with E-state index in [0.717, 1.165) is 23.0 Å². The van der Waals surface area contributed by atoms with Gasteiger partial charge in [-0.15, -0.1) is 0 Å². The standard InChI is InChI=1S/C12H15BrN2O2/c13-9-3-5-10(6-4-9)15-11(2-1-7-14)8-17-12(15)16/h3-6,11H,1-2,7-8,14H2. The minimum Gasteiger partial charge on any atom is -0.447 e. The van der Waals surface area contributed by atoms with E-state index in [1.165, 1.54) is 0 Å². The van der Waals surface area contributed by atoms with Crippen LogP contribution in [0.4, 0.5) is 10.5 Å². The Morgan fingerprint density at radius 1 is 1.41 bits per heavy atom. The maximum absolute atomic E-state index is 11.7. The lowest BCUT2D eigenvalue weighted by atomic mass is 10.1. The minimum absolute atomic E-state index is 0.104. The van der Waals surface area contributed by atoms with Gasteiger partial charge in [-0.25, -0.2) is 4.79 Å². The van der Waals surface area contributed by atoms with Crippen molar-refractivity contribution in [3.8, 4) is 0 Å². The molecule has 0 spiro atoms. The number of carbonyl (C=O) groups is 1. The molecule has 92 valence electrons. The predicted molar refractivity (Wildman–Crippen MR) is 70.0 cm³/mol. The second kappa shape index (κ2) is 5.51. The highest BCUT2D eigenvalue weighted by Crippen LogP contribution is 2.26. The van der Waals surface area contributed by atoms with E-state index in [4.69, 9.17) is 10.5 Å². The summed E-state index contributed by atoms with van der Waals surface area (Å²) in [6.07, 6.45) is 1.50. The fourth-order valence-electron chi connectivity index (χ4n) is 1.94. The molecule has 0 radical (unpaired) electrons. The van der Waals surface area contributed by atoms with E-state index in [1.54, 1.807) is 4.90 Å². The third-order valence-electron chi connectivity index (χ3n) is 2.81. The van der Waals surface area contributed by atoms with Crippen molar-refractivity contribution < 1.29 is 9.53 Å². The third kappa shape index (κ3) is 2.79. The summed E-state index contributed by atoms with van der Waals surface area (Å²) in [7, 11) is 0. The first-order chi connectivity index (χ1) is 8.22. The van der Waals surface area contributed by atoms with Gasteiger partial charge in [0.2, 0.25) is 0 Å². The van der Waals surface area contributed by atoms with Gasteiger partial charge in [0.05, 0.1) is 6.04 Å². The summed E-state index contributed by atoms with van der Waals surface area (Å²) in [5.41, 5.74) is 6.37. The first-order valence-corrected chi connectivity index (χ1v) is 6.43. The predicted octanol–water partition coefficient (Wildman–Crippen LogP) is 2.51. The van der Waals surface area contributed by atoms with Crippen LogP contribution in [0, 0.1) is 0 Å². The molecule has 1 aliphatic rings. The van der Waals surface area contributed by atoms with E-state index >= 15 is 0 Å². The largest absolute Gasteiger partial charge is 0.447 e. The van der Waals surface area contributed by atoms with Crippen molar-refractivity contribution in [3.05, 3.63) is 28.7 Å². The Morgan fingerprint density at radius 3 is 2.76 bits per heavy atom. The van der Waals surface area contributed by atoms with E-state index in [9.17, 15) is 4.79 Å². The van der Waals surface area contributed by atoms with Gasteiger partial charge in [0.25, 0.3) is 0 Å². The van der Waals surface area contributed by atoms with Gasteiger partial charge in [-0.2, -0.15) is 0 Å². The molecule has 1 aliphatic heterocycles. The summed E-state index contributed by atoms with van der Waals surface area (Å²) >= 11 is 3.37. The SMILES string of the molecule is NCCCC1COC(=O)N1c1ccc(Br)cc1. The molecular weight excluding hydrogens is 284 g/mol. The molecule has 1 fully saturated rings. The maximum atomic E-state index is 11.7. The van der Waals surface area contributed by atoms with Crippen LogP contribution in [0.15, 0.2) is 28.7 Å². The second-order valence-corrected chi connectivity index (χ2v) is 4.92. The van der Waals surface area contributed by atoms with Gasteiger partial charge >= 0.3 is 6.09 Å². The van der Waals surface area contributed by atoms with Crippen LogP contribution in [-0.4, -0.2) is 25.3 Å². The van der Waals surface area contributed by atoms with Crippen molar-refractivity contribution in [2.24, 2.45) is 5.73 Å². The van der Waals surface area contributed by atoms with E-state index in [-0.39, 0.29) is 12.1 Å². The molecule has 2 rings (SSSR count). The van der Waals surface area contributed by atoms with Crippen molar-refractivity contribution in [2.75, 3.05) is 18.1 Å². The van der Waals surface area contributed by atoms with Crippen LogP contribution < -0.4 is 10.6 Å². The minimum atomic E-state index is -0.269. The lowest BCUT2D eigenvalue weighted by molar-refractivity contribution is 0.178. The topological polar surface area (TPSA) is 55.6 Å². The molecule has 4 nitrogen and oxygen atoms in total. The molecule has 0 bridgehead atoms. The number of hydrogen-bond donors (Lipinski definition) is 1. The van der Waals surface area contributed by atoms with Crippen molar-refractivity contribution in [1.82, 2.24) is 0 Å². The number of anilines is 1. The van der Waals surface area contributed by atoms with Crippen LogP contribution in [0.25, 0.3) is 0 Å². The maximum Gasteiger partial charge on any atom is 0.414 e. The van der Waals surface area contributed by atoms with Crippen LogP contribution in [0.2, 0.25) is 0 Å². The summed E-state index contributed by atoms with van der Waals surface area (Å²) in [4.78, 5) is 13.4. The van der Waals surface area contributed by atoms with Gasteiger partial charge in [0.15, 0.2) is 0 Å². The molecule has 0 aliphatic carbocycles. The molecule has 1 atom stereocenters. The third-order valence-corrected chi connectivity index (χ3v) is 3.34. The van der Waals surface area contributed by atoms with Crippen LogP contribution in [-0.2, 0) is 4.74 Å². The Bertz CT molecular complexity index is 394. The summed E-state index contributed by atoms with van der Waals surface area (Å²) < 4.78 is 6.09. The zero-order valence-corrected chi connectivity index (χ0v) is 11.0. The number of ether oxygens (including phenoxy) is 1. The number of benzene rings is 1.